The van der Waals surface area contributed by atoms with Crippen LogP contribution in [0.25, 0.3) is 0 Å². The number of anilines is 1. The summed E-state index contributed by atoms with van der Waals surface area (Å²) in [5.41, 5.74) is 1.88. The van der Waals surface area contributed by atoms with Gasteiger partial charge in [0, 0.05) is 0 Å². The number of amides is 1. The number of amidine groups is 1. The van der Waals surface area contributed by atoms with Gasteiger partial charge in [-0.25, -0.2) is 0 Å². The Labute approximate surface area is 146 Å². The first kappa shape index (κ1) is 17.0. The maximum atomic E-state index is 12.7. The van der Waals surface area contributed by atoms with Gasteiger partial charge in [-0.05, 0) is 31.9 Å². The molecule has 1 aromatic carbocycles. The van der Waals surface area contributed by atoms with Crippen LogP contribution in [0.3, 0.4) is 0 Å². The smallest absolute Gasteiger partial charge is 0.305 e. The number of carboxylic acid groups (broad SMARTS) is 1. The minimum atomic E-state index is -0.955. The number of carbonyl (C=O) groups excluding carboxylic acids is 1. The monoisotopic (exact) mass is 346 g/mol. The summed E-state index contributed by atoms with van der Waals surface area (Å²) in [6, 6.07) is 7.94. The number of carbonyl (C=O) groups is 2. The topological polar surface area (TPSA) is 70.0 Å². The highest BCUT2D eigenvalue weighted by molar-refractivity contribution is 8.16. The zero-order valence-corrected chi connectivity index (χ0v) is 14.6. The molecule has 6 heteroatoms. The second-order valence-electron chi connectivity index (χ2n) is 6.42. The largest absolute Gasteiger partial charge is 0.481 e. The molecule has 2 aliphatic rings. The maximum Gasteiger partial charge on any atom is 0.305 e. The molecule has 1 aromatic rings. The highest BCUT2D eigenvalue weighted by Crippen LogP contribution is 2.35. The zero-order valence-electron chi connectivity index (χ0n) is 13.8. The lowest BCUT2D eigenvalue weighted by atomic mass is 9.96. The minimum Gasteiger partial charge on any atom is -0.481 e. The van der Waals surface area contributed by atoms with E-state index in [4.69, 9.17) is 10.1 Å². The molecule has 0 bridgehead atoms. The van der Waals surface area contributed by atoms with Crippen molar-refractivity contribution in [3.05, 3.63) is 29.8 Å². The van der Waals surface area contributed by atoms with Crippen molar-refractivity contribution in [2.24, 2.45) is 4.99 Å². The summed E-state index contributed by atoms with van der Waals surface area (Å²) in [5, 5.41) is 9.13. The Morgan fingerprint density at radius 1 is 1.25 bits per heavy atom. The number of nitrogens with zero attached hydrogens (tertiary/aromatic N) is 2. The fraction of sp³-hybridized carbons (Fsp3) is 0.500. The van der Waals surface area contributed by atoms with Gasteiger partial charge in [-0.3, -0.25) is 19.5 Å². The molecule has 1 unspecified atom stereocenters. The summed E-state index contributed by atoms with van der Waals surface area (Å²) in [6.45, 7) is 1.99. The SMILES string of the molecule is Cc1ccc(N2C(=O)C(CC(=O)O)SC2=NC2CCCCC2)cc1. The van der Waals surface area contributed by atoms with Crippen molar-refractivity contribution < 1.29 is 14.7 Å². The first-order valence-corrected chi connectivity index (χ1v) is 9.29. The van der Waals surface area contributed by atoms with Crippen LogP contribution in [0.1, 0.15) is 44.1 Å². The second-order valence-corrected chi connectivity index (χ2v) is 7.59. The lowest BCUT2D eigenvalue weighted by Crippen LogP contribution is -2.33. The lowest BCUT2D eigenvalue weighted by Gasteiger charge is -2.21. The molecule has 128 valence electrons. The Bertz CT molecular complexity index is 651. The lowest BCUT2D eigenvalue weighted by molar-refractivity contribution is -0.138. The van der Waals surface area contributed by atoms with Crippen molar-refractivity contribution in [1.82, 2.24) is 0 Å². The number of aryl methyl sites for hydroxylation is 1. The zero-order chi connectivity index (χ0) is 17.1. The Kier molecular flexibility index (Phi) is 5.23. The minimum absolute atomic E-state index is 0.171. The Balaban J connectivity index is 1.90. The van der Waals surface area contributed by atoms with E-state index in [1.165, 1.54) is 31.0 Å². The molecule has 1 aliphatic heterocycles. The summed E-state index contributed by atoms with van der Waals surface area (Å²) >= 11 is 1.29. The number of thioether (sulfide) groups is 1. The van der Waals surface area contributed by atoms with Gasteiger partial charge < -0.3 is 5.11 Å². The third kappa shape index (κ3) is 3.80. The van der Waals surface area contributed by atoms with Crippen LogP contribution in [0.2, 0.25) is 0 Å². The molecule has 0 spiro atoms. The fourth-order valence-electron chi connectivity index (χ4n) is 3.14. The third-order valence-corrected chi connectivity index (χ3v) is 5.61. The Morgan fingerprint density at radius 3 is 2.54 bits per heavy atom. The molecule has 24 heavy (non-hydrogen) atoms. The first-order valence-electron chi connectivity index (χ1n) is 8.41. The van der Waals surface area contributed by atoms with Crippen molar-refractivity contribution in [2.75, 3.05) is 4.90 Å². The summed E-state index contributed by atoms with van der Waals surface area (Å²) in [4.78, 5) is 30.2. The fourth-order valence-corrected chi connectivity index (χ4v) is 4.34. The van der Waals surface area contributed by atoms with Crippen LogP contribution in [-0.2, 0) is 9.59 Å². The molecule has 1 N–H and O–H groups in total. The number of hydrogen-bond donors (Lipinski definition) is 1. The van der Waals surface area contributed by atoms with Gasteiger partial charge in [0.05, 0.1) is 18.2 Å². The average molecular weight is 346 g/mol. The van der Waals surface area contributed by atoms with Crippen LogP contribution in [0.5, 0.6) is 0 Å². The van der Waals surface area contributed by atoms with Gasteiger partial charge in [0.25, 0.3) is 0 Å². The van der Waals surface area contributed by atoms with Crippen molar-refractivity contribution in [2.45, 2.75) is 56.7 Å². The number of benzene rings is 1. The van der Waals surface area contributed by atoms with E-state index in [9.17, 15) is 9.59 Å². The molecule has 3 rings (SSSR count). The molecule has 1 saturated heterocycles. The van der Waals surface area contributed by atoms with Crippen LogP contribution in [-0.4, -0.2) is 33.4 Å². The molecule has 0 radical (unpaired) electrons. The van der Waals surface area contributed by atoms with Crippen molar-refractivity contribution in [3.63, 3.8) is 0 Å². The number of rotatable bonds is 4. The molecule has 2 fully saturated rings. The average Bonchev–Trinajstić information content (AvgIpc) is 2.84. The van der Waals surface area contributed by atoms with Crippen LogP contribution >= 0.6 is 11.8 Å². The highest BCUT2D eigenvalue weighted by atomic mass is 32.2. The molecular formula is C18H22N2O3S. The normalized spacial score (nSPS) is 23.9. The molecule has 1 heterocycles. The van der Waals surface area contributed by atoms with E-state index in [2.05, 4.69) is 0 Å². The Hall–Kier alpha value is -1.82. The van der Waals surface area contributed by atoms with Gasteiger partial charge in [0.2, 0.25) is 5.91 Å². The Morgan fingerprint density at radius 2 is 1.92 bits per heavy atom. The van der Waals surface area contributed by atoms with Gasteiger partial charge in [-0.15, -0.1) is 0 Å². The molecule has 1 aliphatic carbocycles. The standard InChI is InChI=1S/C18H22N2O3S/c1-12-7-9-14(10-8-12)20-17(23)15(11-16(21)22)24-18(20)19-13-5-3-2-4-6-13/h7-10,13,15H,2-6,11H2,1H3,(H,21,22). The summed E-state index contributed by atoms with van der Waals surface area (Å²) in [7, 11) is 0. The number of aliphatic carboxylic acids is 1. The van der Waals surface area contributed by atoms with Crippen LogP contribution < -0.4 is 4.90 Å². The van der Waals surface area contributed by atoms with E-state index in [1.54, 1.807) is 4.90 Å². The molecule has 1 saturated carbocycles. The molecule has 0 aromatic heterocycles. The molecular weight excluding hydrogens is 324 g/mol. The number of aliphatic imine (C=N–C) groups is 1. The predicted octanol–water partition coefficient (Wildman–Crippen LogP) is 3.61. The molecule has 1 amide bonds. The second kappa shape index (κ2) is 7.38. The number of hydrogen-bond acceptors (Lipinski definition) is 4. The third-order valence-electron chi connectivity index (χ3n) is 4.45. The van der Waals surface area contributed by atoms with E-state index >= 15 is 0 Å². The predicted molar refractivity (Wildman–Crippen MR) is 96.6 cm³/mol. The summed E-state index contributed by atoms with van der Waals surface area (Å²) in [6.07, 6.45) is 5.51. The number of carboxylic acids is 1. The van der Waals surface area contributed by atoms with E-state index in [0.29, 0.717) is 5.17 Å². The van der Waals surface area contributed by atoms with E-state index in [0.717, 1.165) is 24.1 Å². The van der Waals surface area contributed by atoms with Crippen LogP contribution in [0.4, 0.5) is 5.69 Å². The summed E-state index contributed by atoms with van der Waals surface area (Å²) in [5.74, 6) is -1.13. The quantitative estimate of drug-likeness (QED) is 0.904. The highest BCUT2D eigenvalue weighted by Gasteiger charge is 2.40. The van der Waals surface area contributed by atoms with Crippen molar-refractivity contribution in [1.29, 1.82) is 0 Å². The molecule has 1 atom stereocenters. The van der Waals surface area contributed by atoms with Gasteiger partial charge in [-0.1, -0.05) is 48.7 Å². The van der Waals surface area contributed by atoms with E-state index < -0.39 is 11.2 Å². The van der Waals surface area contributed by atoms with E-state index in [1.807, 2.05) is 31.2 Å². The van der Waals surface area contributed by atoms with Crippen LogP contribution in [0.15, 0.2) is 29.3 Å². The van der Waals surface area contributed by atoms with Crippen molar-refractivity contribution in [3.8, 4) is 0 Å². The van der Waals surface area contributed by atoms with Crippen LogP contribution in [0, 0.1) is 6.92 Å². The molecule has 5 nitrogen and oxygen atoms in total. The van der Waals surface area contributed by atoms with Gasteiger partial charge >= 0.3 is 5.97 Å². The van der Waals surface area contributed by atoms with Gasteiger partial charge in [0.15, 0.2) is 5.17 Å². The summed E-state index contributed by atoms with van der Waals surface area (Å²) < 4.78 is 0. The van der Waals surface area contributed by atoms with Gasteiger partial charge in [0.1, 0.15) is 5.25 Å². The first-order chi connectivity index (χ1) is 11.5. The maximum absolute atomic E-state index is 12.7. The van der Waals surface area contributed by atoms with Crippen molar-refractivity contribution >= 4 is 34.5 Å². The van der Waals surface area contributed by atoms with Gasteiger partial charge in [-0.2, -0.15) is 0 Å². The van der Waals surface area contributed by atoms with E-state index in [-0.39, 0.29) is 18.4 Å².